The molecule has 1 aromatic carbocycles. The Kier molecular flexibility index (Phi) is 5.66. The second-order valence-corrected chi connectivity index (χ2v) is 12.1. The van der Waals surface area contributed by atoms with Crippen LogP contribution in [0.2, 0.25) is 0 Å². The summed E-state index contributed by atoms with van der Waals surface area (Å²) in [5, 5.41) is 11.3. The number of amides is 1. The van der Waals surface area contributed by atoms with Gasteiger partial charge in [0, 0.05) is 18.0 Å². The predicted molar refractivity (Wildman–Crippen MR) is 143 cm³/mol. The van der Waals surface area contributed by atoms with E-state index in [1.165, 1.54) is 0 Å². The number of rotatable bonds is 8. The molecule has 2 aliphatic heterocycles. The first-order chi connectivity index (χ1) is 20.4. The first kappa shape index (κ1) is 25.7. The van der Waals surface area contributed by atoms with Gasteiger partial charge in [0.15, 0.2) is 11.5 Å². The highest BCUT2D eigenvalue weighted by Crippen LogP contribution is 2.67. The van der Waals surface area contributed by atoms with Crippen molar-refractivity contribution in [2.45, 2.75) is 67.8 Å². The van der Waals surface area contributed by atoms with Gasteiger partial charge >= 0.3 is 18.4 Å². The number of hydrogen-bond donors (Lipinski definition) is 1. The molecule has 8 rings (SSSR count). The first-order valence-electron chi connectivity index (χ1n) is 14.6. The summed E-state index contributed by atoms with van der Waals surface area (Å²) in [4.78, 5) is 40.9. The zero-order chi connectivity index (χ0) is 28.6. The summed E-state index contributed by atoms with van der Waals surface area (Å²) in [6.45, 7) is 0.889. The largest absolute Gasteiger partial charge is 0.514 e. The molecule has 2 bridgehead atoms. The average molecular weight is 578 g/mol. The van der Waals surface area contributed by atoms with Crippen molar-refractivity contribution in [1.29, 1.82) is 0 Å². The van der Waals surface area contributed by atoms with Gasteiger partial charge in [-0.2, -0.15) is 0 Å². The van der Waals surface area contributed by atoms with Crippen molar-refractivity contribution in [2.24, 2.45) is 5.92 Å². The van der Waals surface area contributed by atoms with Gasteiger partial charge in [-0.15, -0.1) is 0 Å². The molecule has 11 nitrogen and oxygen atoms in total. The molecule has 5 aliphatic carbocycles. The van der Waals surface area contributed by atoms with E-state index in [2.05, 4.69) is 0 Å². The number of carbonyl (C=O) groups is 3. The molecule has 1 spiro atoms. The maximum absolute atomic E-state index is 13.5. The minimum absolute atomic E-state index is 0.132. The van der Waals surface area contributed by atoms with E-state index in [0.717, 1.165) is 35.1 Å². The van der Waals surface area contributed by atoms with Crippen LogP contribution in [-0.4, -0.2) is 78.6 Å². The molecule has 1 aromatic rings. The first-order valence-corrected chi connectivity index (χ1v) is 14.6. The van der Waals surface area contributed by atoms with E-state index in [4.69, 9.17) is 28.4 Å². The lowest BCUT2D eigenvalue weighted by atomic mass is 9.48. The van der Waals surface area contributed by atoms with E-state index in [1.807, 2.05) is 30.4 Å². The molecular formula is C31H31NO10. The lowest BCUT2D eigenvalue weighted by Gasteiger charge is -2.63. The molecule has 1 saturated heterocycles. The van der Waals surface area contributed by atoms with Crippen molar-refractivity contribution in [3.05, 3.63) is 58.7 Å². The third-order valence-corrected chi connectivity index (χ3v) is 9.67. The molecule has 0 radical (unpaired) electrons. The Hall–Kier alpha value is -3.99. The molecule has 42 heavy (non-hydrogen) atoms. The number of allylic oxidation sites excluding steroid dienone is 2. The molecular weight excluding hydrogens is 546 g/mol. The Labute approximate surface area is 241 Å². The van der Waals surface area contributed by atoms with Crippen LogP contribution in [0.5, 0.6) is 11.5 Å². The second-order valence-electron chi connectivity index (χ2n) is 12.1. The Balaban J connectivity index is 1.18. The molecule has 5 atom stereocenters. The van der Waals surface area contributed by atoms with Gasteiger partial charge in [0.2, 0.25) is 0 Å². The Morgan fingerprint density at radius 3 is 2.50 bits per heavy atom. The third kappa shape index (κ3) is 4.00. The molecule has 11 heteroatoms. The number of ether oxygens (including phenoxy) is 6. The average Bonchev–Trinajstić information content (AvgIpc) is 3.83. The SMILES string of the molecule is O=C(OCC1C=C1)Oc1ccc2c3c1O[C@H]1C(O)CCC4(OC(=O)OCC5=CC5)[C@@H](C2)N(C(=O)OCC2=CC2)CC[C@]314. The summed E-state index contributed by atoms with van der Waals surface area (Å²) in [5.41, 5.74) is 1.43. The van der Waals surface area contributed by atoms with Crippen molar-refractivity contribution in [1.82, 2.24) is 4.90 Å². The summed E-state index contributed by atoms with van der Waals surface area (Å²) in [5.74, 6) is 0.640. The van der Waals surface area contributed by atoms with E-state index in [1.54, 1.807) is 11.0 Å². The summed E-state index contributed by atoms with van der Waals surface area (Å²) >= 11 is 0. The van der Waals surface area contributed by atoms with Crippen molar-refractivity contribution in [3.8, 4) is 11.5 Å². The van der Waals surface area contributed by atoms with Gasteiger partial charge < -0.3 is 38.4 Å². The molecule has 220 valence electrons. The number of carbonyl (C=O) groups excluding carboxylic acids is 3. The topological polar surface area (TPSA) is 130 Å². The fourth-order valence-electron chi connectivity index (χ4n) is 7.41. The highest BCUT2D eigenvalue weighted by Gasteiger charge is 2.76. The number of benzene rings is 1. The standard InChI is InChI=1S/C31H31NO10/c33-21-9-10-31(42-29(36)39-16-19-5-6-19)23-13-20-7-8-22(40-28(35)38-15-18-3-4-18)25-24(20)30(31,26(21)41-25)11-12-32(23)27(34)37-14-17-1-2-17/h1,3-5,7-8,18,21,23,26,33H,2,6,9-16H2/t21?,23-,26+,30+,31?/m1/s1. The van der Waals surface area contributed by atoms with Gasteiger partial charge in [0.05, 0.1) is 17.6 Å². The number of likely N-dealkylation sites (tertiary alicyclic amines) is 1. The summed E-state index contributed by atoms with van der Waals surface area (Å²) in [6, 6.07) is 2.91. The molecule has 2 fully saturated rings. The molecule has 2 heterocycles. The van der Waals surface area contributed by atoms with Gasteiger partial charge in [-0.25, -0.2) is 14.4 Å². The molecule has 2 unspecified atom stereocenters. The van der Waals surface area contributed by atoms with Gasteiger partial charge in [-0.05, 0) is 61.3 Å². The number of aliphatic hydroxyl groups excluding tert-OH is 1. The Bertz CT molecular complexity index is 1470. The fourth-order valence-corrected chi connectivity index (χ4v) is 7.41. The number of hydrogen-bond acceptors (Lipinski definition) is 10. The predicted octanol–water partition coefficient (Wildman–Crippen LogP) is 3.86. The van der Waals surface area contributed by atoms with E-state index in [0.29, 0.717) is 25.1 Å². The number of nitrogens with zero attached hydrogens (tertiary/aromatic N) is 1. The van der Waals surface area contributed by atoms with Crippen LogP contribution in [-0.2, 0) is 30.8 Å². The van der Waals surface area contributed by atoms with Crippen molar-refractivity contribution in [3.63, 3.8) is 0 Å². The Morgan fingerprint density at radius 2 is 1.76 bits per heavy atom. The maximum atomic E-state index is 13.5. The third-order valence-electron chi connectivity index (χ3n) is 9.67. The summed E-state index contributed by atoms with van der Waals surface area (Å²) in [7, 11) is 0. The number of piperidine rings is 1. The quantitative estimate of drug-likeness (QED) is 0.210. The highest BCUT2D eigenvalue weighted by atomic mass is 16.7. The lowest BCUT2D eigenvalue weighted by molar-refractivity contribution is -0.209. The van der Waals surface area contributed by atoms with Crippen molar-refractivity contribution >= 4 is 18.4 Å². The van der Waals surface area contributed by atoms with Gasteiger partial charge in [-0.3, -0.25) is 0 Å². The van der Waals surface area contributed by atoms with E-state index in [9.17, 15) is 19.5 Å². The molecule has 1 amide bonds. The Morgan fingerprint density at radius 1 is 1.00 bits per heavy atom. The van der Waals surface area contributed by atoms with E-state index in [-0.39, 0.29) is 44.3 Å². The normalized spacial score (nSPS) is 32.0. The zero-order valence-corrected chi connectivity index (χ0v) is 22.9. The monoisotopic (exact) mass is 577 g/mol. The van der Waals surface area contributed by atoms with Crippen LogP contribution >= 0.6 is 0 Å². The van der Waals surface area contributed by atoms with Crippen LogP contribution in [0.25, 0.3) is 0 Å². The fraction of sp³-hybridized carbons (Fsp3) is 0.516. The van der Waals surface area contributed by atoms with Crippen LogP contribution in [0, 0.1) is 5.92 Å². The van der Waals surface area contributed by atoms with Crippen LogP contribution < -0.4 is 9.47 Å². The molecule has 1 saturated carbocycles. The second kappa shape index (κ2) is 9.26. The van der Waals surface area contributed by atoms with Crippen LogP contribution in [0.15, 0.2) is 47.6 Å². The van der Waals surface area contributed by atoms with Crippen LogP contribution in [0.1, 0.15) is 43.2 Å². The van der Waals surface area contributed by atoms with Crippen molar-refractivity contribution in [2.75, 3.05) is 26.4 Å². The molecule has 7 aliphatic rings. The number of aliphatic hydroxyl groups is 1. The van der Waals surface area contributed by atoms with Crippen LogP contribution in [0.4, 0.5) is 14.4 Å². The minimum atomic E-state index is -1.27. The van der Waals surface area contributed by atoms with E-state index < -0.39 is 47.7 Å². The smallest absolute Gasteiger partial charge is 0.482 e. The summed E-state index contributed by atoms with van der Waals surface area (Å²) < 4.78 is 34.8. The van der Waals surface area contributed by atoms with Crippen molar-refractivity contribution < 1.29 is 47.9 Å². The highest BCUT2D eigenvalue weighted by molar-refractivity contribution is 5.74. The van der Waals surface area contributed by atoms with Crippen LogP contribution in [0.3, 0.4) is 0 Å². The summed E-state index contributed by atoms with van der Waals surface area (Å²) in [6.07, 6.45) is 6.89. The molecule has 1 N–H and O–H groups in total. The van der Waals surface area contributed by atoms with Gasteiger partial charge in [0.25, 0.3) is 0 Å². The molecule has 0 aromatic heterocycles. The van der Waals surface area contributed by atoms with Gasteiger partial charge in [0.1, 0.15) is 31.5 Å². The zero-order valence-electron chi connectivity index (χ0n) is 22.9. The maximum Gasteiger partial charge on any atom is 0.514 e. The van der Waals surface area contributed by atoms with E-state index >= 15 is 0 Å². The van der Waals surface area contributed by atoms with Gasteiger partial charge in [-0.1, -0.05) is 30.4 Å². The lowest BCUT2D eigenvalue weighted by Crippen LogP contribution is -2.78. The minimum Gasteiger partial charge on any atom is -0.482 e.